The summed E-state index contributed by atoms with van der Waals surface area (Å²) in [6, 6.07) is 4.11. The van der Waals surface area contributed by atoms with Crippen molar-refractivity contribution in [2.45, 2.75) is 13.8 Å². The normalized spacial score (nSPS) is 12.9. The van der Waals surface area contributed by atoms with Crippen LogP contribution < -0.4 is 5.73 Å². The summed E-state index contributed by atoms with van der Waals surface area (Å²) in [6.45, 7) is 3.34. The van der Waals surface area contributed by atoms with E-state index in [2.05, 4.69) is 10.2 Å². The van der Waals surface area contributed by atoms with Crippen LogP contribution in [0.5, 0.6) is 0 Å². The number of rotatable bonds is 7. The van der Waals surface area contributed by atoms with Crippen LogP contribution in [-0.4, -0.2) is 36.3 Å². The van der Waals surface area contributed by atoms with Gasteiger partial charge in [-0.3, -0.25) is 0 Å². The first-order valence-electron chi connectivity index (χ1n) is 6.96. The molecule has 0 spiro atoms. The van der Waals surface area contributed by atoms with Crippen LogP contribution in [0.4, 0.5) is 4.39 Å². The number of nitrogens with zero attached hydrogens (tertiary/aromatic N) is 2. The number of carbonyl (C=O) groups is 1. The third kappa shape index (κ3) is 5.24. The molecule has 130 valence electrons. The molecule has 0 aliphatic rings. The molecule has 0 saturated heterocycles. The maximum absolute atomic E-state index is 13.6. The number of hydrogen-bond acceptors (Lipinski definition) is 6. The summed E-state index contributed by atoms with van der Waals surface area (Å²) in [5.74, 6) is -2.72. The van der Waals surface area contributed by atoms with Crippen LogP contribution in [0.3, 0.4) is 0 Å². The van der Waals surface area contributed by atoms with E-state index in [0.717, 1.165) is 6.21 Å². The van der Waals surface area contributed by atoms with E-state index in [0.29, 0.717) is 0 Å². The number of amidine groups is 1. The van der Waals surface area contributed by atoms with Gasteiger partial charge in [0.15, 0.2) is 11.4 Å². The van der Waals surface area contributed by atoms with Gasteiger partial charge < -0.3 is 20.3 Å². The fourth-order valence-corrected chi connectivity index (χ4v) is 1.76. The monoisotopic (exact) mass is 357 g/mol. The van der Waals surface area contributed by atoms with E-state index >= 15 is 0 Å². The Morgan fingerprint density at radius 3 is 2.62 bits per heavy atom. The zero-order chi connectivity index (χ0) is 18.1. The first-order chi connectivity index (χ1) is 11.4. The second-order valence-corrected chi connectivity index (χ2v) is 4.61. The van der Waals surface area contributed by atoms with Crippen molar-refractivity contribution in [3.05, 3.63) is 46.1 Å². The minimum Gasteiger partial charge on any atom is -0.480 e. The molecule has 1 aromatic carbocycles. The van der Waals surface area contributed by atoms with Crippen LogP contribution in [0.1, 0.15) is 19.4 Å². The molecular weight excluding hydrogens is 341 g/mol. The molecule has 0 bridgehead atoms. The van der Waals surface area contributed by atoms with E-state index in [1.54, 1.807) is 13.8 Å². The first-order valence-corrected chi connectivity index (χ1v) is 7.34. The number of benzene rings is 1. The number of nitrogens with two attached hydrogens (primary N) is 1. The molecule has 3 N–H and O–H groups in total. The third-order valence-corrected chi connectivity index (χ3v) is 2.91. The van der Waals surface area contributed by atoms with Gasteiger partial charge in [-0.25, -0.2) is 9.18 Å². The Morgan fingerprint density at radius 2 is 2.04 bits per heavy atom. The SMILES string of the molecule is CCOC(=O)C(/C(N)=N/N=Cc1c(F)cccc1Cl)=C(/O)OCC. The Hall–Kier alpha value is -2.61. The molecule has 1 rings (SSSR count). The summed E-state index contributed by atoms with van der Waals surface area (Å²) in [4.78, 5) is 11.8. The highest BCUT2D eigenvalue weighted by molar-refractivity contribution is 6.33. The number of aliphatic hydroxyl groups excluding tert-OH is 1. The molecule has 0 radical (unpaired) electrons. The lowest BCUT2D eigenvalue weighted by molar-refractivity contribution is -0.138. The van der Waals surface area contributed by atoms with Gasteiger partial charge in [0.05, 0.1) is 24.5 Å². The Labute approximate surface area is 143 Å². The molecule has 1 aromatic rings. The topological polar surface area (TPSA) is 107 Å². The van der Waals surface area contributed by atoms with E-state index in [4.69, 9.17) is 26.8 Å². The fourth-order valence-electron chi connectivity index (χ4n) is 1.55. The zero-order valence-corrected chi connectivity index (χ0v) is 13.9. The second kappa shape index (κ2) is 9.51. The second-order valence-electron chi connectivity index (χ2n) is 4.20. The van der Waals surface area contributed by atoms with Crippen molar-refractivity contribution in [2.75, 3.05) is 13.2 Å². The number of esters is 1. The highest BCUT2D eigenvalue weighted by Gasteiger charge is 2.22. The molecule has 0 saturated carbocycles. The average Bonchev–Trinajstić information content (AvgIpc) is 2.51. The van der Waals surface area contributed by atoms with Crippen LogP contribution in [0.15, 0.2) is 39.9 Å². The highest BCUT2D eigenvalue weighted by Crippen LogP contribution is 2.16. The van der Waals surface area contributed by atoms with Crippen LogP contribution in [0.25, 0.3) is 0 Å². The van der Waals surface area contributed by atoms with Crippen molar-refractivity contribution in [3.8, 4) is 0 Å². The number of carbonyl (C=O) groups excluding carboxylic acids is 1. The van der Waals surface area contributed by atoms with Crippen molar-refractivity contribution in [3.63, 3.8) is 0 Å². The Kier molecular flexibility index (Phi) is 7.70. The summed E-state index contributed by atoms with van der Waals surface area (Å²) in [5, 5.41) is 17.0. The first kappa shape index (κ1) is 19.4. The number of hydrogen-bond donors (Lipinski definition) is 2. The minimum absolute atomic E-state index is 0.00594. The Morgan fingerprint density at radius 1 is 1.38 bits per heavy atom. The molecule has 0 amide bonds. The van der Waals surface area contributed by atoms with E-state index in [9.17, 15) is 14.3 Å². The number of aliphatic hydroxyl groups is 1. The van der Waals surface area contributed by atoms with Crippen molar-refractivity contribution >= 4 is 29.6 Å². The standard InChI is InChI=1S/C15H17ClFN3O4/c1-3-23-14(21)12(15(22)24-4-2)13(18)20-19-8-9-10(16)6-5-7-11(9)17/h5-8,21H,3-4H2,1-2H3,(H2,18,20)/b14-12-,19-8?. The smallest absolute Gasteiger partial charge is 0.349 e. The molecular formula is C15H17ClFN3O4. The highest BCUT2D eigenvalue weighted by atomic mass is 35.5. The summed E-state index contributed by atoms with van der Waals surface area (Å²) in [6.07, 6.45) is 1.03. The largest absolute Gasteiger partial charge is 0.480 e. The van der Waals surface area contributed by atoms with Crippen molar-refractivity contribution in [1.29, 1.82) is 0 Å². The van der Waals surface area contributed by atoms with Gasteiger partial charge in [-0.15, -0.1) is 5.10 Å². The molecule has 0 unspecified atom stereocenters. The fraction of sp³-hybridized carbons (Fsp3) is 0.267. The molecule has 0 aliphatic heterocycles. The van der Waals surface area contributed by atoms with Gasteiger partial charge in [0.2, 0.25) is 0 Å². The average molecular weight is 358 g/mol. The van der Waals surface area contributed by atoms with E-state index in [1.807, 2.05) is 0 Å². The lowest BCUT2D eigenvalue weighted by atomic mass is 10.2. The van der Waals surface area contributed by atoms with Gasteiger partial charge in [0.1, 0.15) is 5.82 Å². The van der Waals surface area contributed by atoms with Gasteiger partial charge in [-0.05, 0) is 26.0 Å². The summed E-state index contributed by atoms with van der Waals surface area (Å²) in [5.41, 5.74) is 5.16. The van der Waals surface area contributed by atoms with E-state index in [1.165, 1.54) is 18.2 Å². The number of halogens is 2. The van der Waals surface area contributed by atoms with Crippen molar-refractivity contribution in [2.24, 2.45) is 15.9 Å². The molecule has 7 nitrogen and oxygen atoms in total. The Bertz CT molecular complexity index is 669. The third-order valence-electron chi connectivity index (χ3n) is 2.58. The molecule has 0 heterocycles. The van der Waals surface area contributed by atoms with Gasteiger partial charge in [-0.1, -0.05) is 17.7 Å². The lowest BCUT2D eigenvalue weighted by Crippen LogP contribution is -2.25. The predicted octanol–water partition coefficient (Wildman–Crippen LogP) is 2.54. The lowest BCUT2D eigenvalue weighted by Gasteiger charge is -2.08. The quantitative estimate of drug-likeness (QED) is 0.195. The molecule has 9 heteroatoms. The summed E-state index contributed by atoms with van der Waals surface area (Å²) in [7, 11) is 0. The van der Waals surface area contributed by atoms with Gasteiger partial charge in [-0.2, -0.15) is 5.10 Å². The maximum Gasteiger partial charge on any atom is 0.349 e. The summed E-state index contributed by atoms with van der Waals surface area (Å²) < 4.78 is 23.2. The van der Waals surface area contributed by atoms with E-state index < -0.39 is 29.1 Å². The van der Waals surface area contributed by atoms with Crippen LogP contribution in [-0.2, 0) is 14.3 Å². The summed E-state index contributed by atoms with van der Waals surface area (Å²) >= 11 is 5.84. The molecule has 0 aliphatic carbocycles. The van der Waals surface area contributed by atoms with E-state index in [-0.39, 0.29) is 23.8 Å². The minimum atomic E-state index is -0.927. The zero-order valence-electron chi connectivity index (χ0n) is 13.1. The number of ether oxygens (including phenoxy) is 2. The van der Waals surface area contributed by atoms with Crippen molar-refractivity contribution in [1.82, 2.24) is 0 Å². The molecule has 0 fully saturated rings. The van der Waals surface area contributed by atoms with Crippen molar-refractivity contribution < 1.29 is 23.8 Å². The van der Waals surface area contributed by atoms with Gasteiger partial charge >= 0.3 is 5.97 Å². The van der Waals surface area contributed by atoms with Gasteiger partial charge in [0, 0.05) is 5.56 Å². The molecule has 0 atom stereocenters. The van der Waals surface area contributed by atoms with Gasteiger partial charge in [0.25, 0.3) is 5.95 Å². The predicted molar refractivity (Wildman–Crippen MR) is 88.5 cm³/mol. The molecule has 0 aromatic heterocycles. The van der Waals surface area contributed by atoms with Crippen LogP contribution in [0.2, 0.25) is 5.02 Å². The van der Waals surface area contributed by atoms with Crippen LogP contribution in [0, 0.1) is 5.82 Å². The van der Waals surface area contributed by atoms with Crippen LogP contribution >= 0.6 is 11.6 Å². The maximum atomic E-state index is 13.6. The molecule has 24 heavy (non-hydrogen) atoms. The Balaban J connectivity index is 3.12.